The molecule has 4 rings (SSSR count). The van der Waals surface area contributed by atoms with Crippen molar-refractivity contribution in [2.45, 2.75) is 40.2 Å². The summed E-state index contributed by atoms with van der Waals surface area (Å²) in [5, 5.41) is 4.60. The van der Waals surface area contributed by atoms with E-state index in [1.54, 1.807) is 6.26 Å². The Kier molecular flexibility index (Phi) is 4.74. The molecule has 2 aromatic heterocycles. The molecule has 0 atom stereocenters. The van der Waals surface area contributed by atoms with Gasteiger partial charge in [0.25, 0.3) is 0 Å². The number of nitrogens with one attached hydrogen (secondary N) is 1. The van der Waals surface area contributed by atoms with Gasteiger partial charge in [-0.25, -0.2) is 4.79 Å². The van der Waals surface area contributed by atoms with Crippen molar-refractivity contribution in [1.29, 1.82) is 0 Å². The van der Waals surface area contributed by atoms with Crippen LogP contribution in [0.25, 0.3) is 33.1 Å². The van der Waals surface area contributed by atoms with Gasteiger partial charge in [-0.1, -0.05) is 30.3 Å². The number of carbonyl (C=O) groups excluding carboxylic acids is 1. The van der Waals surface area contributed by atoms with Gasteiger partial charge < -0.3 is 14.2 Å². The summed E-state index contributed by atoms with van der Waals surface area (Å²) >= 11 is 0. The molecule has 0 bridgehead atoms. The highest BCUT2D eigenvalue weighted by molar-refractivity contribution is 6.05. The van der Waals surface area contributed by atoms with E-state index in [2.05, 4.69) is 5.32 Å². The fraction of sp³-hybridized carbons (Fsp3) is 0.250. The third-order valence-electron chi connectivity index (χ3n) is 5.21. The van der Waals surface area contributed by atoms with Gasteiger partial charge in [-0.15, -0.1) is 0 Å². The van der Waals surface area contributed by atoms with Crippen LogP contribution in [0.5, 0.6) is 0 Å². The molecule has 4 aromatic rings. The minimum atomic E-state index is -0.480. The molecule has 0 unspecified atom stereocenters. The Morgan fingerprint density at radius 3 is 2.45 bits per heavy atom. The summed E-state index contributed by atoms with van der Waals surface area (Å²) in [6.45, 7) is 7.52. The standard InChI is InChI=1S/C24H23NO4/c1-13(2)25-21(26)11-18-14(3)17-10-19-20(16-8-6-5-7-9-16)12-28-22(19)15(4)23(17)29-24(18)27/h5-10,12-13H,11H2,1-4H3,(H,25,26). The molecule has 5 nitrogen and oxygen atoms in total. The summed E-state index contributed by atoms with van der Waals surface area (Å²) in [6.07, 6.45) is 1.73. The first kappa shape index (κ1) is 19.0. The average molecular weight is 389 g/mol. The van der Waals surface area contributed by atoms with Crippen molar-refractivity contribution in [2.75, 3.05) is 0 Å². The van der Waals surface area contributed by atoms with E-state index in [0.717, 1.165) is 33.0 Å². The minimum absolute atomic E-state index is 0.00367. The van der Waals surface area contributed by atoms with Gasteiger partial charge in [-0.05, 0) is 44.9 Å². The van der Waals surface area contributed by atoms with Crippen molar-refractivity contribution in [3.63, 3.8) is 0 Å². The van der Waals surface area contributed by atoms with Crippen LogP contribution in [0.2, 0.25) is 0 Å². The Hall–Kier alpha value is -3.34. The molecule has 0 fully saturated rings. The molecule has 29 heavy (non-hydrogen) atoms. The van der Waals surface area contributed by atoms with Crippen molar-refractivity contribution >= 4 is 27.8 Å². The van der Waals surface area contributed by atoms with Gasteiger partial charge in [-0.3, -0.25) is 4.79 Å². The summed E-state index contributed by atoms with van der Waals surface area (Å²) in [4.78, 5) is 24.8. The Bertz CT molecular complexity index is 1280. The predicted molar refractivity (Wildman–Crippen MR) is 114 cm³/mol. The molecule has 148 valence electrons. The summed E-state index contributed by atoms with van der Waals surface area (Å²) in [5.41, 5.74) is 4.68. The molecule has 5 heteroatoms. The lowest BCUT2D eigenvalue weighted by atomic mass is 9.97. The highest BCUT2D eigenvalue weighted by Gasteiger charge is 2.20. The second-order valence-corrected chi connectivity index (χ2v) is 7.66. The van der Waals surface area contributed by atoms with E-state index in [9.17, 15) is 9.59 Å². The smallest absolute Gasteiger partial charge is 0.340 e. The fourth-order valence-corrected chi connectivity index (χ4v) is 3.78. The van der Waals surface area contributed by atoms with Gasteiger partial charge >= 0.3 is 5.63 Å². The third kappa shape index (κ3) is 3.33. The van der Waals surface area contributed by atoms with E-state index in [0.29, 0.717) is 16.7 Å². The van der Waals surface area contributed by atoms with Crippen molar-refractivity contribution in [3.8, 4) is 11.1 Å². The zero-order chi connectivity index (χ0) is 20.7. The molecule has 0 saturated carbocycles. The topological polar surface area (TPSA) is 72.5 Å². The first-order valence-corrected chi connectivity index (χ1v) is 9.68. The lowest BCUT2D eigenvalue weighted by molar-refractivity contribution is -0.120. The first-order chi connectivity index (χ1) is 13.9. The minimum Gasteiger partial charge on any atom is -0.463 e. The molecule has 0 aliphatic rings. The predicted octanol–water partition coefficient (Wildman–Crippen LogP) is 4.89. The third-order valence-corrected chi connectivity index (χ3v) is 5.21. The molecule has 2 aromatic carbocycles. The number of amides is 1. The van der Waals surface area contributed by atoms with Gasteiger partial charge in [0, 0.05) is 27.9 Å². The molecular weight excluding hydrogens is 366 g/mol. The Morgan fingerprint density at radius 1 is 1.03 bits per heavy atom. The van der Waals surface area contributed by atoms with E-state index >= 15 is 0 Å². The van der Waals surface area contributed by atoms with Crippen LogP contribution >= 0.6 is 0 Å². The number of benzene rings is 2. The lowest BCUT2D eigenvalue weighted by Gasteiger charge is -2.12. The summed E-state index contributed by atoms with van der Waals surface area (Å²) < 4.78 is 11.5. The van der Waals surface area contributed by atoms with Crippen LogP contribution < -0.4 is 10.9 Å². The lowest BCUT2D eigenvalue weighted by Crippen LogP contribution is -2.33. The normalized spacial score (nSPS) is 11.5. The van der Waals surface area contributed by atoms with Crippen LogP contribution in [0.4, 0.5) is 0 Å². The highest BCUT2D eigenvalue weighted by atomic mass is 16.4. The van der Waals surface area contributed by atoms with E-state index in [-0.39, 0.29) is 18.4 Å². The Balaban J connectivity index is 1.93. The second kappa shape index (κ2) is 7.24. The summed E-state index contributed by atoms with van der Waals surface area (Å²) in [7, 11) is 0. The van der Waals surface area contributed by atoms with Gasteiger partial charge in [0.1, 0.15) is 11.2 Å². The molecule has 1 N–H and O–H groups in total. The molecular formula is C24H23NO4. The van der Waals surface area contributed by atoms with Crippen LogP contribution in [-0.4, -0.2) is 11.9 Å². The molecule has 2 heterocycles. The maximum Gasteiger partial charge on any atom is 0.340 e. The van der Waals surface area contributed by atoms with Crippen LogP contribution in [0.3, 0.4) is 0 Å². The number of rotatable bonds is 4. The maximum absolute atomic E-state index is 12.6. The van der Waals surface area contributed by atoms with E-state index in [1.165, 1.54) is 0 Å². The SMILES string of the molecule is Cc1c(CC(=O)NC(C)C)c(=O)oc2c(C)c3occ(-c4ccccc4)c3cc12. The fourth-order valence-electron chi connectivity index (χ4n) is 3.78. The molecule has 0 saturated heterocycles. The molecule has 0 aliphatic heterocycles. The summed E-state index contributed by atoms with van der Waals surface area (Å²) in [5.74, 6) is -0.194. The second-order valence-electron chi connectivity index (χ2n) is 7.66. The van der Waals surface area contributed by atoms with Crippen LogP contribution in [0.1, 0.15) is 30.5 Å². The monoisotopic (exact) mass is 389 g/mol. The molecule has 1 amide bonds. The van der Waals surface area contributed by atoms with Crippen LogP contribution in [0, 0.1) is 13.8 Å². The van der Waals surface area contributed by atoms with Gasteiger partial charge in [0.05, 0.1) is 18.2 Å². The zero-order valence-electron chi connectivity index (χ0n) is 17.0. The quantitative estimate of drug-likeness (QED) is 0.505. The number of hydrogen-bond acceptors (Lipinski definition) is 4. The average Bonchev–Trinajstić information content (AvgIpc) is 3.11. The number of furan rings is 1. The van der Waals surface area contributed by atoms with E-state index < -0.39 is 5.63 Å². The number of hydrogen-bond donors (Lipinski definition) is 1. The van der Waals surface area contributed by atoms with Crippen molar-refractivity contribution < 1.29 is 13.6 Å². The molecule has 0 spiro atoms. The Labute approximate surface area is 168 Å². The van der Waals surface area contributed by atoms with E-state index in [1.807, 2.05) is 64.1 Å². The first-order valence-electron chi connectivity index (χ1n) is 9.68. The number of fused-ring (bicyclic) bond motifs is 2. The van der Waals surface area contributed by atoms with Gasteiger partial charge in [0.2, 0.25) is 5.91 Å². The van der Waals surface area contributed by atoms with Crippen LogP contribution in [0.15, 0.2) is 56.3 Å². The largest absolute Gasteiger partial charge is 0.463 e. The van der Waals surface area contributed by atoms with Gasteiger partial charge in [-0.2, -0.15) is 0 Å². The maximum atomic E-state index is 12.6. The summed E-state index contributed by atoms with van der Waals surface area (Å²) in [6, 6.07) is 12.0. The van der Waals surface area contributed by atoms with Crippen LogP contribution in [-0.2, 0) is 11.2 Å². The zero-order valence-corrected chi connectivity index (χ0v) is 17.0. The highest BCUT2D eigenvalue weighted by Crippen LogP contribution is 2.37. The Morgan fingerprint density at radius 2 is 1.76 bits per heavy atom. The van der Waals surface area contributed by atoms with Crippen molar-refractivity contribution in [3.05, 3.63) is 69.8 Å². The van der Waals surface area contributed by atoms with Crippen molar-refractivity contribution in [2.24, 2.45) is 0 Å². The molecule has 0 aliphatic carbocycles. The molecule has 0 radical (unpaired) electrons. The number of carbonyl (C=O) groups is 1. The van der Waals surface area contributed by atoms with Gasteiger partial charge in [0.15, 0.2) is 0 Å². The van der Waals surface area contributed by atoms with E-state index in [4.69, 9.17) is 8.83 Å². The van der Waals surface area contributed by atoms with Crippen molar-refractivity contribution in [1.82, 2.24) is 5.32 Å². The number of aryl methyl sites for hydroxylation is 2.